The Morgan fingerprint density at radius 2 is 2.12 bits per heavy atom. The highest BCUT2D eigenvalue weighted by atomic mass is 16.5. The summed E-state index contributed by atoms with van der Waals surface area (Å²) in [5.41, 5.74) is 5.09. The first-order valence-corrected chi connectivity index (χ1v) is 4.93. The second-order valence-electron chi connectivity index (χ2n) is 3.31. The summed E-state index contributed by atoms with van der Waals surface area (Å²) in [5.74, 6) is -0.470. The smallest absolute Gasteiger partial charge is 0.243 e. The van der Waals surface area contributed by atoms with Gasteiger partial charge in [0.25, 0.3) is 0 Å². The average Bonchev–Trinajstić information content (AvgIpc) is 2.30. The third kappa shape index (κ3) is 6.10. The van der Waals surface area contributed by atoms with E-state index < -0.39 is 5.91 Å². The molecule has 1 atom stereocenters. The molecule has 0 aromatic heterocycles. The molecule has 0 aromatic rings. The quantitative estimate of drug-likeness (QED) is 0.652. The monoisotopic (exact) mass is 226 g/mol. The number of carbonyl (C=O) groups excluding carboxylic acids is 2. The van der Waals surface area contributed by atoms with Crippen molar-refractivity contribution in [1.29, 1.82) is 0 Å². The fourth-order valence-corrected chi connectivity index (χ4v) is 0.880. The Balaban J connectivity index is 0.000000325. The molecule has 1 amide bonds. The highest BCUT2D eigenvalue weighted by molar-refractivity contribution is 5.93. The molecule has 0 bridgehead atoms. The van der Waals surface area contributed by atoms with E-state index in [1.807, 2.05) is 0 Å². The maximum absolute atomic E-state index is 10.9. The van der Waals surface area contributed by atoms with E-state index in [2.05, 4.69) is 18.5 Å². The van der Waals surface area contributed by atoms with Crippen molar-refractivity contribution in [1.82, 2.24) is 5.32 Å². The van der Waals surface area contributed by atoms with Gasteiger partial charge < -0.3 is 15.8 Å². The topological polar surface area (TPSA) is 81.4 Å². The molecule has 0 aromatic carbocycles. The van der Waals surface area contributed by atoms with E-state index in [-0.39, 0.29) is 11.9 Å². The Kier molecular flexibility index (Phi) is 7.07. The summed E-state index contributed by atoms with van der Waals surface area (Å²) in [4.78, 5) is 20.7. The van der Waals surface area contributed by atoms with Crippen LogP contribution in [0.2, 0.25) is 0 Å². The molecule has 0 saturated carbocycles. The zero-order chi connectivity index (χ0) is 12.6. The summed E-state index contributed by atoms with van der Waals surface area (Å²) in [6.07, 6.45) is 1.00. The van der Waals surface area contributed by atoms with Crippen molar-refractivity contribution < 1.29 is 14.3 Å². The number of rotatable bonds is 3. The number of hydrogen-bond donors (Lipinski definition) is 2. The third-order valence-electron chi connectivity index (χ3n) is 1.87. The Morgan fingerprint density at radius 1 is 1.56 bits per heavy atom. The van der Waals surface area contributed by atoms with Gasteiger partial charge in [-0.3, -0.25) is 9.59 Å². The number of nitrogens with one attached hydrogen (secondary N) is 1. The van der Waals surface area contributed by atoms with E-state index in [1.54, 1.807) is 6.92 Å². The van der Waals surface area contributed by atoms with E-state index >= 15 is 0 Å². The van der Waals surface area contributed by atoms with Gasteiger partial charge in [-0.15, -0.1) is 0 Å². The van der Waals surface area contributed by atoms with E-state index in [0.29, 0.717) is 18.7 Å². The largest absolute Gasteiger partial charge is 0.367 e. The summed E-state index contributed by atoms with van der Waals surface area (Å²) in [6, 6.07) is 0. The summed E-state index contributed by atoms with van der Waals surface area (Å²) in [6.45, 7) is 10.3. The molecule has 16 heavy (non-hydrogen) atoms. The van der Waals surface area contributed by atoms with Crippen molar-refractivity contribution >= 4 is 11.7 Å². The predicted octanol–water partition coefficient (Wildman–Crippen LogP) is -0.222. The van der Waals surface area contributed by atoms with Gasteiger partial charge in [0.2, 0.25) is 5.91 Å². The minimum absolute atomic E-state index is 0.0350. The molecule has 1 saturated heterocycles. The van der Waals surface area contributed by atoms with Crippen LogP contribution in [0.25, 0.3) is 0 Å². The van der Waals surface area contributed by atoms with Crippen LogP contribution >= 0.6 is 0 Å². The Labute approximate surface area is 95.3 Å². The van der Waals surface area contributed by atoms with Crippen LogP contribution in [0.1, 0.15) is 6.92 Å². The molecular weight excluding hydrogens is 208 g/mol. The van der Waals surface area contributed by atoms with Crippen molar-refractivity contribution in [2.45, 2.75) is 13.0 Å². The molecule has 3 N–H and O–H groups in total. The SMILES string of the molecule is C=C(C)C(N)=O.C=CC(=O)C1CNCCO1. The highest BCUT2D eigenvalue weighted by Gasteiger charge is 2.18. The van der Waals surface area contributed by atoms with Crippen LogP contribution in [0.4, 0.5) is 0 Å². The standard InChI is InChI=1S/C7H11NO2.C4H7NO/c1-2-6(9)7-5-8-3-4-10-7;1-3(2)4(5)6/h2,7-8H,1,3-5H2;1H2,2H3,(H2,5,6). The van der Waals surface area contributed by atoms with Crippen LogP contribution in [-0.4, -0.2) is 37.5 Å². The number of ether oxygens (including phenoxy) is 1. The zero-order valence-electron chi connectivity index (χ0n) is 9.49. The summed E-state index contributed by atoms with van der Waals surface area (Å²) < 4.78 is 5.15. The van der Waals surface area contributed by atoms with Crippen LogP contribution in [-0.2, 0) is 14.3 Å². The summed E-state index contributed by atoms with van der Waals surface area (Å²) in [7, 11) is 0. The number of morpholine rings is 1. The number of primary amides is 1. The molecular formula is C11H18N2O3. The van der Waals surface area contributed by atoms with Gasteiger partial charge in [0, 0.05) is 18.7 Å². The molecule has 0 spiro atoms. The normalized spacial score (nSPS) is 18.9. The maximum atomic E-state index is 10.9. The minimum Gasteiger partial charge on any atom is -0.367 e. The van der Waals surface area contributed by atoms with Crippen molar-refractivity contribution in [2.75, 3.05) is 19.7 Å². The number of ketones is 1. The lowest BCUT2D eigenvalue weighted by Gasteiger charge is -2.20. The molecule has 1 heterocycles. The lowest BCUT2D eigenvalue weighted by molar-refractivity contribution is -0.126. The van der Waals surface area contributed by atoms with Crippen LogP contribution in [0.5, 0.6) is 0 Å². The fraction of sp³-hybridized carbons (Fsp3) is 0.455. The van der Waals surface area contributed by atoms with Crippen molar-refractivity contribution in [3.63, 3.8) is 0 Å². The Bertz CT molecular complexity index is 269. The molecule has 1 rings (SSSR count). The van der Waals surface area contributed by atoms with Gasteiger partial charge in [0.05, 0.1) is 6.61 Å². The van der Waals surface area contributed by atoms with E-state index in [9.17, 15) is 9.59 Å². The van der Waals surface area contributed by atoms with Crippen LogP contribution in [0, 0.1) is 0 Å². The van der Waals surface area contributed by atoms with Gasteiger partial charge in [-0.05, 0) is 13.0 Å². The Morgan fingerprint density at radius 3 is 2.44 bits per heavy atom. The first kappa shape index (κ1) is 14.5. The number of nitrogens with two attached hydrogens (primary N) is 1. The molecule has 1 aliphatic heterocycles. The second-order valence-corrected chi connectivity index (χ2v) is 3.31. The molecule has 0 aliphatic carbocycles. The fourth-order valence-electron chi connectivity index (χ4n) is 0.880. The molecule has 1 aliphatic rings. The van der Waals surface area contributed by atoms with Gasteiger partial charge in [-0.25, -0.2) is 0 Å². The molecule has 5 nitrogen and oxygen atoms in total. The highest BCUT2D eigenvalue weighted by Crippen LogP contribution is 1.97. The van der Waals surface area contributed by atoms with Gasteiger partial charge in [-0.1, -0.05) is 13.2 Å². The molecule has 1 fully saturated rings. The van der Waals surface area contributed by atoms with E-state index in [4.69, 9.17) is 10.5 Å². The first-order valence-electron chi connectivity index (χ1n) is 4.93. The van der Waals surface area contributed by atoms with Gasteiger partial charge in [-0.2, -0.15) is 0 Å². The number of hydrogen-bond acceptors (Lipinski definition) is 4. The maximum Gasteiger partial charge on any atom is 0.243 e. The van der Waals surface area contributed by atoms with Crippen LogP contribution < -0.4 is 11.1 Å². The number of carbonyl (C=O) groups is 2. The van der Waals surface area contributed by atoms with E-state index in [0.717, 1.165) is 6.54 Å². The molecule has 90 valence electrons. The molecule has 5 heteroatoms. The third-order valence-corrected chi connectivity index (χ3v) is 1.87. The molecule has 1 unspecified atom stereocenters. The zero-order valence-corrected chi connectivity index (χ0v) is 9.49. The van der Waals surface area contributed by atoms with E-state index in [1.165, 1.54) is 6.08 Å². The average molecular weight is 226 g/mol. The van der Waals surface area contributed by atoms with Crippen molar-refractivity contribution in [3.05, 3.63) is 24.8 Å². The van der Waals surface area contributed by atoms with Crippen LogP contribution in [0.15, 0.2) is 24.8 Å². The van der Waals surface area contributed by atoms with Crippen molar-refractivity contribution in [3.8, 4) is 0 Å². The lowest BCUT2D eigenvalue weighted by Crippen LogP contribution is -2.42. The first-order chi connectivity index (χ1) is 7.49. The summed E-state index contributed by atoms with van der Waals surface area (Å²) >= 11 is 0. The molecule has 0 radical (unpaired) electrons. The number of amides is 1. The Hall–Kier alpha value is -1.46. The second kappa shape index (κ2) is 7.78. The summed E-state index contributed by atoms with van der Waals surface area (Å²) in [5, 5.41) is 3.06. The predicted molar refractivity (Wildman–Crippen MR) is 61.8 cm³/mol. The van der Waals surface area contributed by atoms with Gasteiger partial charge in [0.15, 0.2) is 5.78 Å². The lowest BCUT2D eigenvalue weighted by atomic mass is 10.2. The van der Waals surface area contributed by atoms with Gasteiger partial charge in [0.1, 0.15) is 6.10 Å². The van der Waals surface area contributed by atoms with Crippen molar-refractivity contribution in [2.24, 2.45) is 5.73 Å². The van der Waals surface area contributed by atoms with Gasteiger partial charge >= 0.3 is 0 Å². The van der Waals surface area contributed by atoms with Crippen LogP contribution in [0.3, 0.4) is 0 Å². The minimum atomic E-state index is -0.435.